The predicted octanol–water partition coefficient (Wildman–Crippen LogP) is 2.59. The molecule has 1 heterocycles. The fraction of sp³-hybridized carbons (Fsp3) is 0.812. The van der Waals surface area contributed by atoms with Crippen LogP contribution in [0, 0.1) is 11.8 Å². The van der Waals surface area contributed by atoms with E-state index in [0.717, 1.165) is 51.4 Å². The van der Waals surface area contributed by atoms with E-state index >= 15 is 0 Å². The zero-order valence-electron chi connectivity index (χ0n) is 12.6. The van der Waals surface area contributed by atoms with Crippen LogP contribution in [0.25, 0.3) is 0 Å². The molecule has 2 aliphatic rings. The number of unbranched alkanes of at least 4 members (excludes halogenated alkanes) is 4. The molecule has 5 heteroatoms. The Balaban J connectivity index is 1.65. The van der Waals surface area contributed by atoms with Gasteiger partial charge in [-0.2, -0.15) is 0 Å². The van der Waals surface area contributed by atoms with Crippen molar-refractivity contribution in [3.05, 3.63) is 0 Å². The van der Waals surface area contributed by atoms with E-state index in [1.807, 2.05) is 0 Å². The van der Waals surface area contributed by atoms with Gasteiger partial charge in [0.25, 0.3) is 0 Å². The summed E-state index contributed by atoms with van der Waals surface area (Å²) in [5, 5.41) is 8.54. The summed E-state index contributed by atoms with van der Waals surface area (Å²) in [6.07, 6.45) is 8.48. The lowest BCUT2D eigenvalue weighted by molar-refractivity contribution is -0.140. The van der Waals surface area contributed by atoms with E-state index < -0.39 is 5.97 Å². The lowest BCUT2D eigenvalue weighted by Crippen LogP contribution is -2.32. The maximum absolute atomic E-state index is 12.2. The van der Waals surface area contributed by atoms with Crippen LogP contribution in [0.3, 0.4) is 0 Å². The molecule has 0 aromatic rings. The number of aliphatic carboxylic acids is 1. The van der Waals surface area contributed by atoms with Crippen molar-refractivity contribution in [1.82, 2.24) is 4.90 Å². The number of fused-ring (bicyclic) bond motifs is 1. The third kappa shape index (κ3) is 4.05. The SMILES string of the molecule is O=C(O)CCCCCCCN1C(=O)C2CCCCC2C1=O. The highest BCUT2D eigenvalue weighted by Gasteiger charge is 2.47. The topological polar surface area (TPSA) is 74.7 Å². The third-order valence-electron chi connectivity index (χ3n) is 4.70. The molecule has 2 unspecified atom stereocenters. The minimum absolute atomic E-state index is 0.0400. The van der Waals surface area contributed by atoms with Crippen LogP contribution in [0.4, 0.5) is 0 Å². The molecule has 0 spiro atoms. The van der Waals surface area contributed by atoms with Crippen molar-refractivity contribution < 1.29 is 19.5 Å². The summed E-state index contributed by atoms with van der Waals surface area (Å²) >= 11 is 0. The van der Waals surface area contributed by atoms with Gasteiger partial charge in [-0.25, -0.2) is 0 Å². The van der Waals surface area contributed by atoms with Crippen molar-refractivity contribution in [2.75, 3.05) is 6.54 Å². The molecule has 21 heavy (non-hydrogen) atoms. The number of carbonyl (C=O) groups excluding carboxylic acids is 2. The van der Waals surface area contributed by atoms with Gasteiger partial charge in [0.2, 0.25) is 11.8 Å². The Kier molecular flexibility index (Phi) is 5.76. The zero-order valence-corrected chi connectivity index (χ0v) is 12.6. The van der Waals surface area contributed by atoms with Crippen LogP contribution in [0.5, 0.6) is 0 Å². The Morgan fingerprint density at radius 1 is 0.952 bits per heavy atom. The second-order valence-electron chi connectivity index (χ2n) is 6.24. The molecule has 2 amide bonds. The van der Waals surface area contributed by atoms with Crippen LogP contribution in [0.1, 0.15) is 64.2 Å². The van der Waals surface area contributed by atoms with Gasteiger partial charge in [0.05, 0.1) is 11.8 Å². The van der Waals surface area contributed by atoms with E-state index in [4.69, 9.17) is 5.11 Å². The standard InChI is InChI=1S/C16H25NO4/c18-14(19)10-4-2-1-3-7-11-17-15(20)12-8-5-6-9-13(12)16(17)21/h12-13H,1-11H2,(H,18,19). The summed E-state index contributed by atoms with van der Waals surface area (Å²) in [6.45, 7) is 0.545. The number of likely N-dealkylation sites (tertiary alicyclic amines) is 1. The summed E-state index contributed by atoms with van der Waals surface area (Å²) in [5.41, 5.74) is 0. The minimum atomic E-state index is -0.745. The summed E-state index contributed by atoms with van der Waals surface area (Å²) in [5.74, 6) is -0.722. The van der Waals surface area contributed by atoms with E-state index in [2.05, 4.69) is 0 Å². The first-order valence-corrected chi connectivity index (χ1v) is 8.18. The van der Waals surface area contributed by atoms with Crippen molar-refractivity contribution in [1.29, 1.82) is 0 Å². The Hall–Kier alpha value is -1.39. The number of nitrogens with zero attached hydrogens (tertiary/aromatic N) is 1. The van der Waals surface area contributed by atoms with Crippen molar-refractivity contribution in [2.24, 2.45) is 11.8 Å². The van der Waals surface area contributed by atoms with Crippen molar-refractivity contribution in [3.63, 3.8) is 0 Å². The molecule has 2 atom stereocenters. The van der Waals surface area contributed by atoms with Gasteiger partial charge in [-0.05, 0) is 25.7 Å². The van der Waals surface area contributed by atoms with Gasteiger partial charge in [0.1, 0.15) is 0 Å². The normalized spacial score (nSPS) is 25.2. The number of carbonyl (C=O) groups is 3. The first-order chi connectivity index (χ1) is 10.1. The molecule has 0 aromatic carbocycles. The van der Waals surface area contributed by atoms with Crippen LogP contribution in [-0.4, -0.2) is 34.3 Å². The summed E-state index contributed by atoms with van der Waals surface area (Å²) in [4.78, 5) is 36.3. The van der Waals surface area contributed by atoms with Crippen LogP contribution in [0.2, 0.25) is 0 Å². The molecule has 0 bridgehead atoms. The number of amides is 2. The maximum Gasteiger partial charge on any atom is 0.303 e. The second-order valence-corrected chi connectivity index (χ2v) is 6.24. The minimum Gasteiger partial charge on any atom is -0.481 e. The molecule has 2 rings (SSSR count). The third-order valence-corrected chi connectivity index (χ3v) is 4.70. The molecule has 1 N–H and O–H groups in total. The Labute approximate surface area is 125 Å². The maximum atomic E-state index is 12.2. The Morgan fingerprint density at radius 2 is 1.48 bits per heavy atom. The van der Waals surface area contributed by atoms with Gasteiger partial charge < -0.3 is 5.11 Å². The summed E-state index contributed by atoms with van der Waals surface area (Å²) in [7, 11) is 0. The molecular formula is C16H25NO4. The highest BCUT2D eigenvalue weighted by molar-refractivity contribution is 6.05. The lowest BCUT2D eigenvalue weighted by Gasteiger charge is -2.19. The fourth-order valence-corrected chi connectivity index (χ4v) is 3.53. The average molecular weight is 295 g/mol. The van der Waals surface area contributed by atoms with Crippen molar-refractivity contribution >= 4 is 17.8 Å². The van der Waals surface area contributed by atoms with Crippen LogP contribution < -0.4 is 0 Å². The Morgan fingerprint density at radius 3 is 2.05 bits per heavy atom. The molecule has 1 aliphatic heterocycles. The van der Waals surface area contributed by atoms with E-state index in [1.54, 1.807) is 0 Å². The van der Waals surface area contributed by atoms with Gasteiger partial charge in [0.15, 0.2) is 0 Å². The van der Waals surface area contributed by atoms with Gasteiger partial charge in [0, 0.05) is 13.0 Å². The number of hydrogen-bond acceptors (Lipinski definition) is 3. The summed E-state index contributed by atoms with van der Waals surface area (Å²) in [6, 6.07) is 0. The lowest BCUT2D eigenvalue weighted by atomic mass is 9.81. The number of imide groups is 1. The molecule has 0 aromatic heterocycles. The second kappa shape index (κ2) is 7.57. The van der Waals surface area contributed by atoms with Gasteiger partial charge in [-0.15, -0.1) is 0 Å². The summed E-state index contributed by atoms with van der Waals surface area (Å²) < 4.78 is 0. The van der Waals surface area contributed by atoms with Crippen LogP contribution >= 0.6 is 0 Å². The average Bonchev–Trinajstić information content (AvgIpc) is 2.71. The molecule has 2 fully saturated rings. The first kappa shape index (κ1) is 16.0. The first-order valence-electron chi connectivity index (χ1n) is 8.18. The fourth-order valence-electron chi connectivity index (χ4n) is 3.53. The molecule has 1 saturated heterocycles. The van der Waals surface area contributed by atoms with Gasteiger partial charge in [-0.3, -0.25) is 19.3 Å². The highest BCUT2D eigenvalue weighted by atomic mass is 16.4. The molecule has 1 aliphatic carbocycles. The van der Waals surface area contributed by atoms with Gasteiger partial charge >= 0.3 is 5.97 Å². The van der Waals surface area contributed by atoms with E-state index in [0.29, 0.717) is 13.0 Å². The quantitative estimate of drug-likeness (QED) is 0.551. The van der Waals surface area contributed by atoms with Crippen molar-refractivity contribution in [2.45, 2.75) is 64.2 Å². The number of carboxylic acids is 1. The number of hydrogen-bond donors (Lipinski definition) is 1. The molecular weight excluding hydrogens is 270 g/mol. The van der Waals surface area contributed by atoms with E-state index in [9.17, 15) is 14.4 Å². The molecule has 118 valence electrons. The van der Waals surface area contributed by atoms with Crippen LogP contribution in [-0.2, 0) is 14.4 Å². The monoisotopic (exact) mass is 295 g/mol. The molecule has 1 saturated carbocycles. The van der Waals surface area contributed by atoms with Crippen molar-refractivity contribution in [3.8, 4) is 0 Å². The van der Waals surface area contributed by atoms with Gasteiger partial charge in [-0.1, -0.05) is 32.1 Å². The zero-order chi connectivity index (χ0) is 15.2. The predicted molar refractivity (Wildman–Crippen MR) is 77.5 cm³/mol. The molecule has 5 nitrogen and oxygen atoms in total. The Bertz CT molecular complexity index is 383. The van der Waals surface area contributed by atoms with E-state index in [1.165, 1.54) is 4.90 Å². The smallest absolute Gasteiger partial charge is 0.303 e. The highest BCUT2D eigenvalue weighted by Crippen LogP contribution is 2.38. The number of carboxylic acid groups (broad SMARTS) is 1. The van der Waals surface area contributed by atoms with E-state index in [-0.39, 0.29) is 30.1 Å². The largest absolute Gasteiger partial charge is 0.481 e. The molecule has 0 radical (unpaired) electrons. The number of rotatable bonds is 8. The van der Waals surface area contributed by atoms with Crippen LogP contribution in [0.15, 0.2) is 0 Å².